The van der Waals surface area contributed by atoms with Crippen LogP contribution in [0.2, 0.25) is 0 Å². The van der Waals surface area contributed by atoms with Gasteiger partial charge in [0.2, 0.25) is 0 Å². The number of halogens is 1. The van der Waals surface area contributed by atoms with E-state index in [1.807, 2.05) is 6.07 Å². The van der Waals surface area contributed by atoms with E-state index < -0.39 is 0 Å². The lowest BCUT2D eigenvalue weighted by atomic mass is 9.79. The summed E-state index contributed by atoms with van der Waals surface area (Å²) in [6.45, 7) is 14.1. The molecule has 0 aliphatic heterocycles. The fraction of sp³-hybridized carbons (Fsp3) is 0.455. The lowest BCUT2D eigenvalue weighted by molar-refractivity contribution is 0.295. The van der Waals surface area contributed by atoms with Crippen molar-refractivity contribution in [2.75, 3.05) is 0 Å². The molecule has 0 spiro atoms. The smallest absolute Gasteiger partial charge is 0.127 e. The van der Waals surface area contributed by atoms with Gasteiger partial charge in [0.05, 0.1) is 0 Å². The molecule has 0 aromatic heterocycles. The Morgan fingerprint density at radius 1 is 0.875 bits per heavy atom. The summed E-state index contributed by atoms with van der Waals surface area (Å²) in [6.07, 6.45) is 0. The molecule has 0 heterocycles. The Balaban J connectivity index is 2.48. The Hall–Kier alpha value is -1.28. The summed E-state index contributed by atoms with van der Waals surface area (Å²) < 4.78 is 6.31. The number of alkyl halides is 1. The molecule has 0 aliphatic rings. The summed E-state index contributed by atoms with van der Waals surface area (Å²) >= 11 is 3.66. The van der Waals surface area contributed by atoms with Crippen molar-refractivity contribution in [3.63, 3.8) is 0 Å². The average molecular weight is 389 g/mol. The molecule has 0 fully saturated rings. The van der Waals surface area contributed by atoms with Crippen molar-refractivity contribution >= 4 is 15.9 Å². The Labute approximate surface area is 155 Å². The van der Waals surface area contributed by atoms with Gasteiger partial charge in [-0.15, -0.1) is 0 Å². The van der Waals surface area contributed by atoms with Gasteiger partial charge < -0.3 is 4.74 Å². The van der Waals surface area contributed by atoms with E-state index in [-0.39, 0.29) is 10.8 Å². The zero-order valence-electron chi connectivity index (χ0n) is 15.7. The maximum atomic E-state index is 6.31. The van der Waals surface area contributed by atoms with Crippen molar-refractivity contribution in [2.45, 2.75) is 64.3 Å². The summed E-state index contributed by atoms with van der Waals surface area (Å²) in [5, 5.41) is 0.796. The molecule has 0 saturated carbocycles. The largest absolute Gasteiger partial charge is 0.488 e. The standard InChI is InChI=1S/C22H29BrO/c1-21(2,3)18-12-17(14-23)20(19(13-18)22(4,5)6)24-15-16-10-8-7-9-11-16/h7-13H,14-15H2,1-6H3. The minimum atomic E-state index is 0.0319. The van der Waals surface area contributed by atoms with Crippen LogP contribution >= 0.6 is 15.9 Å². The zero-order valence-corrected chi connectivity index (χ0v) is 17.3. The van der Waals surface area contributed by atoms with Crippen molar-refractivity contribution in [3.05, 3.63) is 64.7 Å². The van der Waals surface area contributed by atoms with E-state index >= 15 is 0 Å². The first-order chi connectivity index (χ1) is 11.1. The molecular formula is C22H29BrO. The van der Waals surface area contributed by atoms with Gasteiger partial charge in [0.1, 0.15) is 12.4 Å². The Morgan fingerprint density at radius 3 is 2.00 bits per heavy atom. The van der Waals surface area contributed by atoms with Crippen LogP contribution in [0, 0.1) is 0 Å². The predicted octanol–water partition coefficient (Wildman–Crippen LogP) is 6.76. The van der Waals surface area contributed by atoms with Gasteiger partial charge in [-0.2, -0.15) is 0 Å². The number of hydrogen-bond donors (Lipinski definition) is 0. The van der Waals surface area contributed by atoms with Gasteiger partial charge in [-0.25, -0.2) is 0 Å². The first-order valence-electron chi connectivity index (χ1n) is 8.53. The van der Waals surface area contributed by atoms with Gasteiger partial charge in [0.15, 0.2) is 0 Å². The minimum absolute atomic E-state index is 0.0319. The Kier molecular flexibility index (Phi) is 5.80. The van der Waals surface area contributed by atoms with Crippen molar-refractivity contribution in [3.8, 4) is 5.75 Å². The molecule has 0 bridgehead atoms. The maximum Gasteiger partial charge on any atom is 0.127 e. The van der Waals surface area contributed by atoms with Crippen LogP contribution in [0.1, 0.15) is 63.8 Å². The summed E-state index contributed by atoms with van der Waals surface area (Å²) in [5.41, 5.74) is 5.20. The van der Waals surface area contributed by atoms with E-state index in [4.69, 9.17) is 4.74 Å². The molecule has 2 aromatic rings. The second-order valence-corrected chi connectivity index (χ2v) is 8.98. The third kappa shape index (κ3) is 4.63. The third-order valence-electron chi connectivity index (χ3n) is 4.21. The summed E-state index contributed by atoms with van der Waals surface area (Å²) in [5.74, 6) is 1.02. The van der Waals surface area contributed by atoms with Gasteiger partial charge in [0, 0.05) is 16.5 Å². The van der Waals surface area contributed by atoms with E-state index in [0.29, 0.717) is 6.61 Å². The quantitative estimate of drug-likeness (QED) is 0.525. The number of rotatable bonds is 4. The highest BCUT2D eigenvalue weighted by atomic mass is 79.9. The number of hydrogen-bond acceptors (Lipinski definition) is 1. The molecule has 0 amide bonds. The van der Waals surface area contributed by atoms with Crippen molar-refractivity contribution in [2.24, 2.45) is 0 Å². The van der Waals surface area contributed by atoms with Gasteiger partial charge in [-0.3, -0.25) is 0 Å². The van der Waals surface area contributed by atoms with Crippen LogP contribution in [-0.4, -0.2) is 0 Å². The van der Waals surface area contributed by atoms with Crippen LogP contribution < -0.4 is 4.74 Å². The number of benzene rings is 2. The van der Waals surface area contributed by atoms with Crippen LogP contribution in [0.15, 0.2) is 42.5 Å². The van der Waals surface area contributed by atoms with E-state index in [1.165, 1.54) is 22.3 Å². The van der Waals surface area contributed by atoms with Crippen LogP contribution in [-0.2, 0) is 22.8 Å². The molecule has 2 aromatic carbocycles. The second kappa shape index (κ2) is 7.31. The van der Waals surface area contributed by atoms with E-state index in [1.54, 1.807) is 0 Å². The van der Waals surface area contributed by atoms with E-state index in [0.717, 1.165) is 11.1 Å². The third-order valence-corrected chi connectivity index (χ3v) is 4.81. The molecule has 130 valence electrons. The highest BCUT2D eigenvalue weighted by Crippen LogP contribution is 2.39. The first-order valence-corrected chi connectivity index (χ1v) is 9.65. The van der Waals surface area contributed by atoms with E-state index in [2.05, 4.69) is 93.9 Å². The van der Waals surface area contributed by atoms with E-state index in [9.17, 15) is 0 Å². The van der Waals surface area contributed by atoms with Gasteiger partial charge in [0.25, 0.3) is 0 Å². The average Bonchev–Trinajstić information content (AvgIpc) is 2.51. The molecule has 0 atom stereocenters. The van der Waals surface area contributed by atoms with Crippen LogP contribution in [0.4, 0.5) is 0 Å². The Bertz CT molecular complexity index is 676. The van der Waals surface area contributed by atoms with Crippen molar-refractivity contribution in [1.82, 2.24) is 0 Å². The molecular weight excluding hydrogens is 360 g/mol. The normalized spacial score (nSPS) is 12.3. The monoisotopic (exact) mass is 388 g/mol. The zero-order chi connectivity index (χ0) is 18.0. The van der Waals surface area contributed by atoms with Crippen molar-refractivity contribution in [1.29, 1.82) is 0 Å². The highest BCUT2D eigenvalue weighted by Gasteiger charge is 2.25. The second-order valence-electron chi connectivity index (χ2n) is 8.42. The molecule has 0 N–H and O–H groups in total. The van der Waals surface area contributed by atoms with Crippen LogP contribution in [0.25, 0.3) is 0 Å². The fourth-order valence-corrected chi connectivity index (χ4v) is 3.10. The first kappa shape index (κ1) is 19.1. The fourth-order valence-electron chi connectivity index (χ4n) is 2.68. The summed E-state index contributed by atoms with van der Waals surface area (Å²) in [7, 11) is 0. The molecule has 0 radical (unpaired) electrons. The van der Waals surface area contributed by atoms with Gasteiger partial charge >= 0.3 is 0 Å². The molecule has 0 aliphatic carbocycles. The summed E-state index contributed by atoms with van der Waals surface area (Å²) in [6, 6.07) is 15.0. The highest BCUT2D eigenvalue weighted by molar-refractivity contribution is 9.08. The van der Waals surface area contributed by atoms with Crippen molar-refractivity contribution < 1.29 is 4.74 Å². The molecule has 24 heavy (non-hydrogen) atoms. The molecule has 1 nitrogen and oxygen atoms in total. The maximum absolute atomic E-state index is 6.31. The SMILES string of the molecule is CC(C)(C)c1cc(CBr)c(OCc2ccccc2)c(C(C)(C)C)c1. The molecule has 0 saturated heterocycles. The summed E-state index contributed by atoms with van der Waals surface area (Å²) in [4.78, 5) is 0. The van der Waals surface area contributed by atoms with Gasteiger partial charge in [-0.1, -0.05) is 99.9 Å². The molecule has 2 rings (SSSR count). The lowest BCUT2D eigenvalue weighted by Gasteiger charge is -2.29. The molecule has 0 unspecified atom stereocenters. The van der Waals surface area contributed by atoms with Crippen LogP contribution in [0.3, 0.4) is 0 Å². The van der Waals surface area contributed by atoms with Gasteiger partial charge in [-0.05, 0) is 22.0 Å². The van der Waals surface area contributed by atoms with Crippen LogP contribution in [0.5, 0.6) is 5.75 Å². The predicted molar refractivity (Wildman–Crippen MR) is 107 cm³/mol. The Morgan fingerprint density at radius 2 is 1.50 bits per heavy atom. The number of ether oxygens (including phenoxy) is 1. The minimum Gasteiger partial charge on any atom is -0.488 e. The topological polar surface area (TPSA) is 9.23 Å². The lowest BCUT2D eigenvalue weighted by Crippen LogP contribution is -2.19. The molecule has 2 heteroatoms.